The Morgan fingerprint density at radius 2 is 2.12 bits per heavy atom. The first kappa shape index (κ1) is 13.7. The summed E-state index contributed by atoms with van der Waals surface area (Å²) in [4.78, 5) is 22.4. The maximum absolute atomic E-state index is 11.5. The Balaban J connectivity index is 2.83. The summed E-state index contributed by atoms with van der Waals surface area (Å²) in [5, 5.41) is 11.5. The van der Waals surface area contributed by atoms with E-state index >= 15 is 0 Å². The van der Waals surface area contributed by atoms with E-state index in [0.717, 1.165) is 0 Å². The van der Waals surface area contributed by atoms with E-state index in [1.807, 2.05) is 0 Å². The Morgan fingerprint density at radius 1 is 1.41 bits per heavy atom. The van der Waals surface area contributed by atoms with Gasteiger partial charge in [0, 0.05) is 10.9 Å². The van der Waals surface area contributed by atoms with Crippen LogP contribution in [0.3, 0.4) is 0 Å². The summed E-state index contributed by atoms with van der Waals surface area (Å²) in [6.45, 7) is 0.430. The minimum Gasteiger partial charge on any atom is -0.478 e. The molecule has 0 aliphatic rings. The second kappa shape index (κ2) is 6.36. The van der Waals surface area contributed by atoms with Gasteiger partial charge in [0.15, 0.2) is 0 Å². The molecule has 0 saturated heterocycles. The van der Waals surface area contributed by atoms with E-state index in [9.17, 15) is 9.59 Å². The van der Waals surface area contributed by atoms with Crippen molar-refractivity contribution < 1.29 is 14.7 Å². The summed E-state index contributed by atoms with van der Waals surface area (Å²) in [5.74, 6) is -1.32. The van der Waals surface area contributed by atoms with Crippen LogP contribution in [0.25, 0.3) is 0 Å². The molecular formula is C11H13BrN2O3. The Hall–Kier alpha value is -1.40. The lowest BCUT2D eigenvalue weighted by Crippen LogP contribution is -2.15. The molecule has 0 bridgehead atoms. The van der Waals surface area contributed by atoms with E-state index in [2.05, 4.69) is 21.2 Å². The standard InChI is InChI=1S/C11H13BrN2O3/c12-7-3-4-9(8(6-7)11(16)17)14-10(15)2-1-5-13/h3-4,6H,1-2,5,13H2,(H,14,15)(H,16,17). The van der Waals surface area contributed by atoms with E-state index in [4.69, 9.17) is 10.8 Å². The van der Waals surface area contributed by atoms with E-state index in [1.165, 1.54) is 6.07 Å². The summed E-state index contributed by atoms with van der Waals surface area (Å²) < 4.78 is 0.648. The third kappa shape index (κ3) is 4.16. The van der Waals surface area contributed by atoms with E-state index in [0.29, 0.717) is 23.1 Å². The largest absolute Gasteiger partial charge is 0.478 e. The van der Waals surface area contributed by atoms with Crippen LogP contribution >= 0.6 is 15.9 Å². The van der Waals surface area contributed by atoms with Gasteiger partial charge in [-0.25, -0.2) is 4.79 Å². The van der Waals surface area contributed by atoms with Crippen molar-refractivity contribution in [2.24, 2.45) is 5.73 Å². The van der Waals surface area contributed by atoms with Gasteiger partial charge >= 0.3 is 5.97 Å². The number of hydrogen-bond acceptors (Lipinski definition) is 3. The highest BCUT2D eigenvalue weighted by molar-refractivity contribution is 9.10. The number of nitrogens with two attached hydrogens (primary N) is 1. The monoisotopic (exact) mass is 300 g/mol. The van der Waals surface area contributed by atoms with Crippen LogP contribution in [0.15, 0.2) is 22.7 Å². The lowest BCUT2D eigenvalue weighted by molar-refractivity contribution is -0.116. The average molecular weight is 301 g/mol. The molecule has 0 fully saturated rings. The Morgan fingerprint density at radius 3 is 2.71 bits per heavy atom. The molecule has 0 unspecified atom stereocenters. The molecule has 5 nitrogen and oxygen atoms in total. The highest BCUT2D eigenvalue weighted by atomic mass is 79.9. The number of aromatic carboxylic acids is 1. The van der Waals surface area contributed by atoms with Crippen LogP contribution in [0.5, 0.6) is 0 Å². The van der Waals surface area contributed by atoms with Crippen LogP contribution < -0.4 is 11.1 Å². The van der Waals surface area contributed by atoms with Crippen LogP contribution in [0.2, 0.25) is 0 Å². The number of hydrogen-bond donors (Lipinski definition) is 3. The molecule has 4 N–H and O–H groups in total. The van der Waals surface area contributed by atoms with Crippen LogP contribution in [0, 0.1) is 0 Å². The van der Waals surface area contributed by atoms with Crippen molar-refractivity contribution in [1.29, 1.82) is 0 Å². The fourth-order valence-electron chi connectivity index (χ4n) is 1.28. The number of halogens is 1. The minimum atomic E-state index is -1.08. The van der Waals surface area contributed by atoms with Gasteiger partial charge in [-0.2, -0.15) is 0 Å². The highest BCUT2D eigenvalue weighted by Crippen LogP contribution is 2.21. The van der Waals surface area contributed by atoms with Crippen molar-refractivity contribution >= 4 is 33.5 Å². The van der Waals surface area contributed by atoms with Crippen LogP contribution in [0.1, 0.15) is 23.2 Å². The van der Waals surface area contributed by atoms with E-state index < -0.39 is 5.97 Å². The first-order valence-corrected chi connectivity index (χ1v) is 5.86. The molecule has 1 amide bonds. The maximum Gasteiger partial charge on any atom is 0.337 e. The molecule has 6 heteroatoms. The van der Waals surface area contributed by atoms with Gasteiger partial charge in [-0.1, -0.05) is 15.9 Å². The molecule has 0 aliphatic carbocycles. The van der Waals surface area contributed by atoms with Crippen molar-refractivity contribution in [2.45, 2.75) is 12.8 Å². The number of rotatable bonds is 5. The van der Waals surface area contributed by atoms with Gasteiger partial charge in [-0.15, -0.1) is 0 Å². The third-order valence-corrected chi connectivity index (χ3v) is 2.59. The van der Waals surface area contributed by atoms with Crippen molar-refractivity contribution in [3.05, 3.63) is 28.2 Å². The van der Waals surface area contributed by atoms with Crippen LogP contribution in [0.4, 0.5) is 5.69 Å². The fraction of sp³-hybridized carbons (Fsp3) is 0.273. The van der Waals surface area contributed by atoms with Gasteiger partial charge in [0.25, 0.3) is 0 Å². The molecule has 0 heterocycles. The Kier molecular flexibility index (Phi) is 5.11. The smallest absolute Gasteiger partial charge is 0.337 e. The molecule has 0 aliphatic heterocycles. The van der Waals surface area contributed by atoms with Gasteiger partial charge in [-0.05, 0) is 31.2 Å². The predicted octanol–water partition coefficient (Wildman–Crippen LogP) is 1.82. The van der Waals surface area contributed by atoms with Gasteiger partial charge in [0.05, 0.1) is 11.3 Å². The molecule has 0 atom stereocenters. The maximum atomic E-state index is 11.5. The minimum absolute atomic E-state index is 0.0560. The number of carboxylic acids is 1. The molecule has 0 saturated carbocycles. The number of carbonyl (C=O) groups excluding carboxylic acids is 1. The lowest BCUT2D eigenvalue weighted by atomic mass is 10.1. The van der Waals surface area contributed by atoms with Crippen LogP contribution in [-0.2, 0) is 4.79 Å². The molecule has 1 rings (SSSR count). The first-order valence-electron chi connectivity index (χ1n) is 5.07. The van der Waals surface area contributed by atoms with Crippen molar-refractivity contribution in [1.82, 2.24) is 0 Å². The van der Waals surface area contributed by atoms with Crippen LogP contribution in [-0.4, -0.2) is 23.5 Å². The zero-order chi connectivity index (χ0) is 12.8. The number of anilines is 1. The summed E-state index contributed by atoms with van der Waals surface area (Å²) in [6.07, 6.45) is 0.858. The highest BCUT2D eigenvalue weighted by Gasteiger charge is 2.12. The molecule has 0 radical (unpaired) electrons. The second-order valence-corrected chi connectivity index (χ2v) is 4.35. The topological polar surface area (TPSA) is 92.4 Å². The first-order chi connectivity index (χ1) is 8.04. The molecule has 0 aromatic heterocycles. The molecule has 92 valence electrons. The van der Waals surface area contributed by atoms with Gasteiger partial charge in [0.2, 0.25) is 5.91 Å². The number of carbonyl (C=O) groups is 2. The quantitative estimate of drug-likeness (QED) is 0.773. The van der Waals surface area contributed by atoms with E-state index in [-0.39, 0.29) is 17.9 Å². The zero-order valence-electron chi connectivity index (χ0n) is 9.07. The SMILES string of the molecule is NCCCC(=O)Nc1ccc(Br)cc1C(=O)O. The normalized spacial score (nSPS) is 10.0. The molecule has 0 spiro atoms. The Bertz CT molecular complexity index is 435. The fourth-order valence-corrected chi connectivity index (χ4v) is 1.64. The van der Waals surface area contributed by atoms with Gasteiger partial charge in [-0.3, -0.25) is 4.79 Å². The predicted molar refractivity (Wildman–Crippen MR) is 68.0 cm³/mol. The third-order valence-electron chi connectivity index (χ3n) is 2.09. The lowest BCUT2D eigenvalue weighted by Gasteiger charge is -2.08. The number of carboxylic acid groups (broad SMARTS) is 1. The van der Waals surface area contributed by atoms with Crippen molar-refractivity contribution in [3.8, 4) is 0 Å². The number of amides is 1. The van der Waals surface area contributed by atoms with Gasteiger partial charge in [0.1, 0.15) is 0 Å². The summed E-state index contributed by atoms with van der Waals surface area (Å²) in [5.41, 5.74) is 5.64. The summed E-state index contributed by atoms with van der Waals surface area (Å²) in [6, 6.07) is 4.67. The van der Waals surface area contributed by atoms with E-state index in [1.54, 1.807) is 12.1 Å². The molecular weight excluding hydrogens is 288 g/mol. The molecule has 1 aromatic rings. The van der Waals surface area contributed by atoms with Crippen molar-refractivity contribution in [3.63, 3.8) is 0 Å². The zero-order valence-corrected chi connectivity index (χ0v) is 10.7. The summed E-state index contributed by atoms with van der Waals surface area (Å²) >= 11 is 3.18. The molecule has 17 heavy (non-hydrogen) atoms. The second-order valence-electron chi connectivity index (χ2n) is 3.44. The van der Waals surface area contributed by atoms with Gasteiger partial charge < -0.3 is 16.2 Å². The van der Waals surface area contributed by atoms with Crippen molar-refractivity contribution in [2.75, 3.05) is 11.9 Å². The average Bonchev–Trinajstić information content (AvgIpc) is 2.28. The molecule has 1 aromatic carbocycles. The Labute approximate surface area is 107 Å². The number of nitrogens with one attached hydrogen (secondary N) is 1. The number of benzene rings is 1. The summed E-state index contributed by atoms with van der Waals surface area (Å²) in [7, 11) is 0.